The van der Waals surface area contributed by atoms with Crippen LogP contribution in [0.3, 0.4) is 0 Å². The van der Waals surface area contributed by atoms with Crippen molar-refractivity contribution in [2.45, 2.75) is 44.8 Å². The Morgan fingerprint density at radius 3 is 2.50 bits per heavy atom. The van der Waals surface area contributed by atoms with Gasteiger partial charge in [0.05, 0.1) is 8.95 Å². The van der Waals surface area contributed by atoms with E-state index in [0.29, 0.717) is 19.1 Å². The van der Waals surface area contributed by atoms with Gasteiger partial charge in [-0.05, 0) is 92.9 Å². The van der Waals surface area contributed by atoms with Crippen LogP contribution < -0.4 is 10.1 Å². The van der Waals surface area contributed by atoms with Crippen molar-refractivity contribution in [1.29, 1.82) is 0 Å². The molecule has 0 saturated heterocycles. The number of benzene rings is 2. The van der Waals surface area contributed by atoms with Gasteiger partial charge in [0.15, 0.2) is 0 Å². The van der Waals surface area contributed by atoms with E-state index in [2.05, 4.69) is 55.4 Å². The Morgan fingerprint density at radius 1 is 1.15 bits per heavy atom. The standard InChI is InChI=1S/C20H21Br2NO3/c21-17-10-13(7-8-19(24)25)11-18(22)20(17)26-12-14-3-1-6-16(9-14)23-15-4-2-5-15/h1,3,6,9-11,15,23H,2,4-5,7-8,12H2,(H,24,25). The number of rotatable bonds is 8. The topological polar surface area (TPSA) is 58.6 Å². The van der Waals surface area contributed by atoms with Crippen LogP contribution >= 0.6 is 31.9 Å². The molecule has 1 saturated carbocycles. The fraction of sp³-hybridized carbons (Fsp3) is 0.350. The molecule has 0 aromatic heterocycles. The summed E-state index contributed by atoms with van der Waals surface area (Å²) in [5, 5.41) is 12.4. The molecule has 0 aliphatic heterocycles. The predicted molar refractivity (Wildman–Crippen MR) is 110 cm³/mol. The maximum Gasteiger partial charge on any atom is 0.303 e. The lowest BCUT2D eigenvalue weighted by Gasteiger charge is -2.27. The third-order valence-corrected chi connectivity index (χ3v) is 5.65. The molecule has 1 aliphatic rings. The summed E-state index contributed by atoms with van der Waals surface area (Å²) in [7, 11) is 0. The second-order valence-electron chi connectivity index (χ2n) is 6.54. The zero-order chi connectivity index (χ0) is 18.5. The van der Waals surface area contributed by atoms with Crippen molar-refractivity contribution in [3.8, 4) is 5.75 Å². The Morgan fingerprint density at radius 2 is 1.88 bits per heavy atom. The van der Waals surface area contributed by atoms with E-state index in [1.807, 2.05) is 18.2 Å². The fourth-order valence-electron chi connectivity index (χ4n) is 2.84. The van der Waals surface area contributed by atoms with Crippen molar-refractivity contribution in [2.24, 2.45) is 0 Å². The highest BCUT2D eigenvalue weighted by molar-refractivity contribution is 9.11. The smallest absolute Gasteiger partial charge is 0.303 e. The average molecular weight is 483 g/mol. The minimum Gasteiger partial charge on any atom is -0.487 e. The van der Waals surface area contributed by atoms with Gasteiger partial charge in [-0.25, -0.2) is 0 Å². The van der Waals surface area contributed by atoms with E-state index < -0.39 is 5.97 Å². The third-order valence-electron chi connectivity index (χ3n) is 4.47. The summed E-state index contributed by atoms with van der Waals surface area (Å²) in [4.78, 5) is 10.7. The molecule has 2 aromatic rings. The Hall–Kier alpha value is -1.53. The van der Waals surface area contributed by atoms with Gasteiger partial charge >= 0.3 is 5.97 Å². The van der Waals surface area contributed by atoms with Gasteiger partial charge in [-0.2, -0.15) is 0 Å². The summed E-state index contributed by atoms with van der Waals surface area (Å²) in [6.45, 7) is 0.464. The van der Waals surface area contributed by atoms with E-state index in [0.717, 1.165) is 31.5 Å². The Balaban J connectivity index is 1.63. The van der Waals surface area contributed by atoms with Crippen LogP contribution in [0.4, 0.5) is 5.69 Å². The molecule has 0 atom stereocenters. The van der Waals surface area contributed by atoms with Gasteiger partial charge in [0, 0.05) is 18.2 Å². The monoisotopic (exact) mass is 481 g/mol. The molecule has 2 aromatic carbocycles. The van der Waals surface area contributed by atoms with E-state index in [9.17, 15) is 4.79 Å². The maximum atomic E-state index is 10.7. The highest BCUT2D eigenvalue weighted by Crippen LogP contribution is 2.36. The number of carboxylic acid groups (broad SMARTS) is 1. The second-order valence-corrected chi connectivity index (χ2v) is 8.25. The molecule has 1 fully saturated rings. The second kappa shape index (κ2) is 8.91. The minimum atomic E-state index is -0.798. The molecule has 0 spiro atoms. The summed E-state index contributed by atoms with van der Waals surface area (Å²) >= 11 is 7.06. The van der Waals surface area contributed by atoms with Crippen LogP contribution in [0.5, 0.6) is 5.75 Å². The molecule has 4 nitrogen and oxygen atoms in total. The predicted octanol–water partition coefficient (Wildman–Crippen LogP) is 5.77. The summed E-state index contributed by atoms with van der Waals surface area (Å²) < 4.78 is 7.63. The van der Waals surface area contributed by atoms with Crippen molar-refractivity contribution in [3.63, 3.8) is 0 Å². The van der Waals surface area contributed by atoms with Gasteiger partial charge in [-0.3, -0.25) is 4.79 Å². The van der Waals surface area contributed by atoms with E-state index in [-0.39, 0.29) is 6.42 Å². The molecule has 3 rings (SSSR count). The van der Waals surface area contributed by atoms with Crippen molar-refractivity contribution in [3.05, 3.63) is 56.5 Å². The lowest BCUT2D eigenvalue weighted by molar-refractivity contribution is -0.136. The van der Waals surface area contributed by atoms with Crippen LogP contribution in [-0.2, 0) is 17.8 Å². The van der Waals surface area contributed by atoms with Gasteiger partial charge < -0.3 is 15.2 Å². The number of carboxylic acids is 1. The molecule has 0 amide bonds. The van der Waals surface area contributed by atoms with Crippen LogP contribution in [0, 0.1) is 0 Å². The normalized spacial score (nSPS) is 13.9. The zero-order valence-corrected chi connectivity index (χ0v) is 17.5. The molecule has 26 heavy (non-hydrogen) atoms. The summed E-state index contributed by atoms with van der Waals surface area (Å²) in [6.07, 6.45) is 4.40. The number of anilines is 1. The van der Waals surface area contributed by atoms with Gasteiger partial charge in [0.1, 0.15) is 12.4 Å². The number of aryl methyl sites for hydroxylation is 1. The number of ether oxygens (including phenoxy) is 1. The van der Waals surface area contributed by atoms with E-state index in [4.69, 9.17) is 9.84 Å². The van der Waals surface area contributed by atoms with Crippen molar-refractivity contribution in [1.82, 2.24) is 0 Å². The van der Waals surface area contributed by atoms with E-state index in [1.54, 1.807) is 0 Å². The molecule has 0 bridgehead atoms. The molecule has 0 radical (unpaired) electrons. The van der Waals surface area contributed by atoms with Crippen LogP contribution in [0.1, 0.15) is 36.8 Å². The molecular weight excluding hydrogens is 462 g/mol. The molecule has 0 unspecified atom stereocenters. The van der Waals surface area contributed by atoms with Crippen LogP contribution in [-0.4, -0.2) is 17.1 Å². The van der Waals surface area contributed by atoms with Crippen LogP contribution in [0.15, 0.2) is 45.3 Å². The highest BCUT2D eigenvalue weighted by atomic mass is 79.9. The summed E-state index contributed by atoms with van der Waals surface area (Å²) in [5.74, 6) is -0.0746. The molecule has 0 heterocycles. The van der Waals surface area contributed by atoms with Crippen molar-refractivity contribution < 1.29 is 14.6 Å². The molecule has 138 valence electrons. The van der Waals surface area contributed by atoms with Crippen LogP contribution in [0.2, 0.25) is 0 Å². The Bertz CT molecular complexity index is 767. The van der Waals surface area contributed by atoms with Gasteiger partial charge in [0.25, 0.3) is 0 Å². The van der Waals surface area contributed by atoms with Gasteiger partial charge in [-0.1, -0.05) is 12.1 Å². The summed E-state index contributed by atoms with van der Waals surface area (Å²) in [5.41, 5.74) is 3.19. The first-order valence-electron chi connectivity index (χ1n) is 8.69. The number of halogens is 2. The third kappa shape index (κ3) is 5.24. The zero-order valence-electron chi connectivity index (χ0n) is 14.3. The molecule has 6 heteroatoms. The summed E-state index contributed by atoms with van der Waals surface area (Å²) in [6, 6.07) is 12.7. The number of hydrogen-bond acceptors (Lipinski definition) is 3. The number of hydrogen-bond donors (Lipinski definition) is 2. The van der Waals surface area contributed by atoms with E-state index in [1.165, 1.54) is 19.3 Å². The van der Waals surface area contributed by atoms with Gasteiger partial charge in [-0.15, -0.1) is 0 Å². The average Bonchev–Trinajstić information content (AvgIpc) is 2.56. The first kappa shape index (κ1) is 19.2. The Kier molecular flexibility index (Phi) is 6.59. The lowest BCUT2D eigenvalue weighted by Crippen LogP contribution is -2.26. The largest absolute Gasteiger partial charge is 0.487 e. The van der Waals surface area contributed by atoms with Crippen molar-refractivity contribution in [2.75, 3.05) is 5.32 Å². The first-order chi connectivity index (χ1) is 12.5. The molecular formula is C20H21Br2NO3. The highest BCUT2D eigenvalue weighted by Gasteiger charge is 2.17. The molecule has 2 N–H and O–H groups in total. The first-order valence-corrected chi connectivity index (χ1v) is 10.3. The number of carbonyl (C=O) groups is 1. The van der Waals surface area contributed by atoms with Crippen LogP contribution in [0.25, 0.3) is 0 Å². The quantitative estimate of drug-likeness (QED) is 0.501. The van der Waals surface area contributed by atoms with Gasteiger partial charge in [0.2, 0.25) is 0 Å². The van der Waals surface area contributed by atoms with E-state index >= 15 is 0 Å². The number of aliphatic carboxylic acids is 1. The SMILES string of the molecule is O=C(O)CCc1cc(Br)c(OCc2cccc(NC3CCC3)c2)c(Br)c1. The molecule has 1 aliphatic carbocycles. The number of nitrogens with one attached hydrogen (secondary N) is 1. The Labute approximate surface area is 170 Å². The minimum absolute atomic E-state index is 0.111. The maximum absolute atomic E-state index is 10.7. The van der Waals surface area contributed by atoms with Crippen molar-refractivity contribution >= 4 is 43.5 Å². The lowest BCUT2D eigenvalue weighted by atomic mass is 9.93. The fourth-order valence-corrected chi connectivity index (χ4v) is 4.35.